The van der Waals surface area contributed by atoms with Gasteiger partial charge >= 0.3 is 6.03 Å². The van der Waals surface area contributed by atoms with E-state index in [0.29, 0.717) is 0 Å². The predicted octanol–water partition coefficient (Wildman–Crippen LogP) is 5.07. The largest absolute Gasteiger partial charge is 0.354 e. The fourth-order valence-electron chi connectivity index (χ4n) is 2.43. The van der Waals surface area contributed by atoms with Crippen molar-refractivity contribution in [1.29, 1.82) is 0 Å². The van der Waals surface area contributed by atoms with Gasteiger partial charge in [-0.2, -0.15) is 9.78 Å². The van der Waals surface area contributed by atoms with Gasteiger partial charge in [0.05, 0.1) is 27.2 Å². The summed E-state index contributed by atoms with van der Waals surface area (Å²) in [6.07, 6.45) is 0. The van der Waals surface area contributed by atoms with E-state index < -0.39 is 0 Å². The van der Waals surface area contributed by atoms with E-state index in [1.165, 1.54) is 4.68 Å². The number of para-hydroxylation sites is 2. The molecule has 0 fully saturated rings. The van der Waals surface area contributed by atoms with Gasteiger partial charge in [0.1, 0.15) is 0 Å². The van der Waals surface area contributed by atoms with Crippen LogP contribution in [0, 0.1) is 13.8 Å². The number of carbonyl (C=O) groups is 1. The summed E-state index contributed by atoms with van der Waals surface area (Å²) in [5, 5.41) is 4.36. The van der Waals surface area contributed by atoms with Gasteiger partial charge in [0.15, 0.2) is 0 Å². The van der Waals surface area contributed by atoms with Gasteiger partial charge in [0.2, 0.25) is 0 Å². The summed E-state index contributed by atoms with van der Waals surface area (Å²) in [4.78, 5) is 14.8. The van der Waals surface area contributed by atoms with Gasteiger partial charge in [-0.1, -0.05) is 36.4 Å². The van der Waals surface area contributed by atoms with E-state index in [4.69, 9.17) is 0 Å². The Morgan fingerprint density at radius 3 is 1.83 bits per heavy atom. The van der Waals surface area contributed by atoms with E-state index in [1.807, 2.05) is 74.5 Å². The minimum Gasteiger partial charge on any atom is -0.261 e. The number of carbonyl (C=O) groups excluding carboxylic acids is 1. The maximum atomic E-state index is 13.1. The SMILES string of the molecule is Cc1nn(C(=O)N(c2ccccc2)c2ccccc2)c(C)c1Br. The van der Waals surface area contributed by atoms with Crippen LogP contribution in [0.25, 0.3) is 0 Å². The summed E-state index contributed by atoms with van der Waals surface area (Å²) >= 11 is 3.48. The first kappa shape index (κ1) is 15.5. The van der Waals surface area contributed by atoms with Crippen molar-refractivity contribution in [2.45, 2.75) is 13.8 Å². The van der Waals surface area contributed by atoms with Gasteiger partial charge in [0.25, 0.3) is 0 Å². The molecule has 0 atom stereocenters. The molecule has 0 aliphatic rings. The fraction of sp³-hybridized carbons (Fsp3) is 0.111. The molecule has 0 aliphatic heterocycles. The van der Waals surface area contributed by atoms with Crippen LogP contribution >= 0.6 is 15.9 Å². The Labute approximate surface area is 143 Å². The van der Waals surface area contributed by atoms with Crippen molar-refractivity contribution < 1.29 is 4.79 Å². The molecular weight excluding hydrogens is 354 g/mol. The lowest BCUT2D eigenvalue weighted by Crippen LogP contribution is -2.32. The van der Waals surface area contributed by atoms with Crippen molar-refractivity contribution in [2.24, 2.45) is 0 Å². The second kappa shape index (κ2) is 6.38. The average Bonchev–Trinajstić information content (AvgIpc) is 2.84. The summed E-state index contributed by atoms with van der Waals surface area (Å²) in [5.41, 5.74) is 3.17. The van der Waals surface area contributed by atoms with E-state index >= 15 is 0 Å². The fourth-order valence-corrected chi connectivity index (χ4v) is 2.68. The van der Waals surface area contributed by atoms with Gasteiger partial charge in [-0.15, -0.1) is 0 Å². The van der Waals surface area contributed by atoms with E-state index in [0.717, 1.165) is 27.2 Å². The standard InChI is InChI=1S/C18H16BrN3O/c1-13-17(19)14(2)22(20-13)18(23)21(15-9-5-3-6-10-15)16-11-7-4-8-12-16/h3-12H,1-2H3. The summed E-state index contributed by atoms with van der Waals surface area (Å²) < 4.78 is 2.28. The van der Waals surface area contributed by atoms with Crippen LogP contribution in [-0.4, -0.2) is 15.8 Å². The Bertz CT molecular complexity index is 789. The maximum absolute atomic E-state index is 13.1. The highest BCUT2D eigenvalue weighted by Crippen LogP contribution is 2.28. The number of halogens is 1. The number of aryl methyl sites for hydroxylation is 1. The number of hydrogen-bond donors (Lipinski definition) is 0. The molecule has 0 spiro atoms. The Hall–Kier alpha value is -2.40. The maximum Gasteiger partial charge on any atom is 0.354 e. The zero-order valence-electron chi connectivity index (χ0n) is 12.9. The van der Waals surface area contributed by atoms with Crippen molar-refractivity contribution in [1.82, 2.24) is 9.78 Å². The van der Waals surface area contributed by atoms with E-state index in [1.54, 1.807) is 4.90 Å². The van der Waals surface area contributed by atoms with Crippen LogP contribution in [0.2, 0.25) is 0 Å². The first-order chi connectivity index (χ1) is 11.1. The lowest BCUT2D eigenvalue weighted by molar-refractivity contribution is 0.246. The molecule has 1 aromatic heterocycles. The number of amides is 1. The third-order valence-corrected chi connectivity index (χ3v) is 4.75. The van der Waals surface area contributed by atoms with E-state index in [9.17, 15) is 4.79 Å². The number of rotatable bonds is 2. The minimum absolute atomic E-state index is 0.214. The van der Waals surface area contributed by atoms with Gasteiger partial charge in [-0.05, 0) is 54.0 Å². The van der Waals surface area contributed by atoms with Gasteiger partial charge in [0, 0.05) is 0 Å². The second-order valence-corrected chi connectivity index (χ2v) is 5.98. The number of hydrogen-bond acceptors (Lipinski definition) is 2. The van der Waals surface area contributed by atoms with Crippen LogP contribution in [-0.2, 0) is 0 Å². The molecule has 0 saturated carbocycles. The summed E-state index contributed by atoms with van der Waals surface area (Å²) in [6, 6.07) is 18.9. The predicted molar refractivity (Wildman–Crippen MR) is 95.2 cm³/mol. The molecule has 0 aliphatic carbocycles. The van der Waals surface area contributed by atoms with Crippen LogP contribution in [0.1, 0.15) is 11.4 Å². The topological polar surface area (TPSA) is 38.1 Å². The highest BCUT2D eigenvalue weighted by atomic mass is 79.9. The lowest BCUT2D eigenvalue weighted by atomic mass is 10.2. The zero-order valence-corrected chi connectivity index (χ0v) is 14.5. The van der Waals surface area contributed by atoms with Crippen LogP contribution in [0.5, 0.6) is 0 Å². The number of anilines is 2. The highest BCUT2D eigenvalue weighted by Gasteiger charge is 2.23. The molecule has 5 heteroatoms. The Kier molecular flexibility index (Phi) is 4.30. The molecule has 2 aromatic carbocycles. The van der Waals surface area contributed by atoms with Crippen LogP contribution < -0.4 is 4.90 Å². The molecule has 23 heavy (non-hydrogen) atoms. The molecule has 0 radical (unpaired) electrons. The number of aromatic nitrogens is 2. The van der Waals surface area contributed by atoms with E-state index in [2.05, 4.69) is 21.0 Å². The quantitative estimate of drug-likeness (QED) is 0.632. The Morgan fingerprint density at radius 1 is 0.957 bits per heavy atom. The number of benzene rings is 2. The summed E-state index contributed by atoms with van der Waals surface area (Å²) in [7, 11) is 0. The first-order valence-corrected chi connectivity index (χ1v) is 8.05. The van der Waals surface area contributed by atoms with Crippen molar-refractivity contribution in [2.75, 3.05) is 4.90 Å². The summed E-state index contributed by atoms with van der Waals surface area (Å²) in [6.45, 7) is 3.74. The third-order valence-electron chi connectivity index (χ3n) is 3.60. The average molecular weight is 370 g/mol. The molecule has 0 bridgehead atoms. The first-order valence-electron chi connectivity index (χ1n) is 7.26. The third kappa shape index (κ3) is 2.92. The second-order valence-electron chi connectivity index (χ2n) is 5.19. The molecule has 1 amide bonds. The van der Waals surface area contributed by atoms with Gasteiger partial charge in [-0.25, -0.2) is 4.79 Å². The molecule has 4 nitrogen and oxygen atoms in total. The normalized spacial score (nSPS) is 10.6. The van der Waals surface area contributed by atoms with Gasteiger partial charge < -0.3 is 0 Å². The Morgan fingerprint density at radius 2 is 1.43 bits per heavy atom. The molecule has 0 saturated heterocycles. The zero-order chi connectivity index (χ0) is 16.4. The molecular formula is C18H16BrN3O. The van der Waals surface area contributed by atoms with Gasteiger partial charge in [-0.3, -0.25) is 4.90 Å². The summed E-state index contributed by atoms with van der Waals surface area (Å²) in [5.74, 6) is 0. The van der Waals surface area contributed by atoms with Crippen LogP contribution in [0.4, 0.5) is 16.2 Å². The van der Waals surface area contributed by atoms with Crippen molar-refractivity contribution in [3.63, 3.8) is 0 Å². The van der Waals surface area contributed by atoms with Crippen molar-refractivity contribution >= 4 is 33.3 Å². The molecule has 3 rings (SSSR count). The monoisotopic (exact) mass is 369 g/mol. The van der Waals surface area contributed by atoms with E-state index in [-0.39, 0.29) is 6.03 Å². The van der Waals surface area contributed by atoms with Crippen molar-refractivity contribution in [3.05, 3.63) is 76.5 Å². The Balaban J connectivity index is 2.12. The highest BCUT2D eigenvalue weighted by molar-refractivity contribution is 9.10. The molecule has 3 aromatic rings. The molecule has 0 unspecified atom stereocenters. The van der Waals surface area contributed by atoms with Crippen LogP contribution in [0.15, 0.2) is 65.1 Å². The van der Waals surface area contributed by atoms with Crippen molar-refractivity contribution in [3.8, 4) is 0 Å². The smallest absolute Gasteiger partial charge is 0.261 e. The van der Waals surface area contributed by atoms with Crippen LogP contribution in [0.3, 0.4) is 0 Å². The lowest BCUT2D eigenvalue weighted by Gasteiger charge is -2.23. The molecule has 1 heterocycles. The molecule has 116 valence electrons. The minimum atomic E-state index is -0.214. The molecule has 0 N–H and O–H groups in total. The number of nitrogens with zero attached hydrogens (tertiary/aromatic N) is 3.